The fourth-order valence-electron chi connectivity index (χ4n) is 2.54. The molecule has 20 heavy (non-hydrogen) atoms. The highest BCUT2D eigenvalue weighted by molar-refractivity contribution is 6.20. The van der Waals surface area contributed by atoms with Gasteiger partial charge in [0.15, 0.2) is 0 Å². The van der Waals surface area contributed by atoms with Crippen LogP contribution in [0.25, 0.3) is 11.0 Å². The van der Waals surface area contributed by atoms with Crippen molar-refractivity contribution < 1.29 is 4.39 Å². The van der Waals surface area contributed by atoms with Crippen LogP contribution in [0.2, 0.25) is 0 Å². The number of imidazole rings is 1. The zero-order valence-corrected chi connectivity index (χ0v) is 13.5. The van der Waals surface area contributed by atoms with Crippen LogP contribution in [0.15, 0.2) is 12.1 Å². The molecule has 0 amide bonds. The van der Waals surface area contributed by atoms with Gasteiger partial charge in [-0.15, -0.1) is 11.6 Å². The highest BCUT2D eigenvalue weighted by atomic mass is 35.5. The van der Waals surface area contributed by atoms with Crippen LogP contribution in [-0.2, 0) is 0 Å². The molecular weight excluding hydrogens is 275 g/mol. The van der Waals surface area contributed by atoms with E-state index in [4.69, 9.17) is 11.6 Å². The molecule has 110 valence electrons. The van der Waals surface area contributed by atoms with Gasteiger partial charge >= 0.3 is 0 Å². The summed E-state index contributed by atoms with van der Waals surface area (Å²) in [5.41, 5.74) is 2.30. The molecule has 3 atom stereocenters. The Labute approximate surface area is 125 Å². The van der Waals surface area contributed by atoms with E-state index in [-0.39, 0.29) is 17.2 Å². The van der Waals surface area contributed by atoms with Gasteiger partial charge in [0.2, 0.25) is 0 Å². The van der Waals surface area contributed by atoms with E-state index < -0.39 is 0 Å². The molecule has 0 fully saturated rings. The Morgan fingerprint density at radius 3 is 2.50 bits per heavy atom. The van der Waals surface area contributed by atoms with E-state index in [1.54, 1.807) is 6.92 Å². The minimum absolute atomic E-state index is 0.197. The van der Waals surface area contributed by atoms with E-state index in [0.717, 1.165) is 17.8 Å². The Bertz CT molecular complexity index is 618. The second-order valence-electron chi connectivity index (χ2n) is 5.67. The normalized spacial score (nSPS) is 16.4. The first-order valence-electron chi connectivity index (χ1n) is 7.18. The Morgan fingerprint density at radius 2 is 1.95 bits per heavy atom. The summed E-state index contributed by atoms with van der Waals surface area (Å²) in [6.07, 6.45) is 1.08. The van der Waals surface area contributed by atoms with Crippen LogP contribution in [0.1, 0.15) is 56.9 Å². The van der Waals surface area contributed by atoms with E-state index in [2.05, 4.69) is 30.3 Å². The van der Waals surface area contributed by atoms with Crippen molar-refractivity contribution in [3.63, 3.8) is 0 Å². The van der Waals surface area contributed by atoms with E-state index in [9.17, 15) is 4.39 Å². The molecule has 2 aromatic rings. The van der Waals surface area contributed by atoms with Crippen molar-refractivity contribution in [3.8, 4) is 0 Å². The quantitative estimate of drug-likeness (QED) is 0.692. The number of nitrogens with zero attached hydrogens (tertiary/aromatic N) is 2. The van der Waals surface area contributed by atoms with Crippen molar-refractivity contribution in [1.82, 2.24) is 9.55 Å². The molecule has 0 aliphatic rings. The first kappa shape index (κ1) is 15.3. The standard InChI is InChI=1S/C16H22ClFN2/c1-6-9(2)12(5)20-15-7-10(3)13(18)8-14(15)19-16(20)11(4)17/h7-9,11-12H,6H2,1-5H3. The second-order valence-corrected chi connectivity index (χ2v) is 6.33. The molecule has 0 N–H and O–H groups in total. The van der Waals surface area contributed by atoms with E-state index in [1.165, 1.54) is 6.07 Å². The lowest BCUT2D eigenvalue weighted by molar-refractivity contribution is 0.368. The Morgan fingerprint density at radius 1 is 1.30 bits per heavy atom. The second kappa shape index (κ2) is 5.72. The summed E-state index contributed by atoms with van der Waals surface area (Å²) in [5, 5.41) is -0.197. The van der Waals surface area contributed by atoms with Gasteiger partial charge in [-0.05, 0) is 38.3 Å². The van der Waals surface area contributed by atoms with Gasteiger partial charge in [0.1, 0.15) is 11.6 Å². The molecule has 0 spiro atoms. The molecule has 1 aromatic heterocycles. The van der Waals surface area contributed by atoms with Crippen molar-refractivity contribution in [2.75, 3.05) is 0 Å². The van der Waals surface area contributed by atoms with Crippen LogP contribution in [0.4, 0.5) is 4.39 Å². The first-order valence-corrected chi connectivity index (χ1v) is 7.62. The maximum atomic E-state index is 13.7. The first-order chi connectivity index (χ1) is 9.36. The molecule has 0 saturated carbocycles. The van der Waals surface area contributed by atoms with Crippen LogP contribution >= 0.6 is 11.6 Å². The van der Waals surface area contributed by atoms with Gasteiger partial charge < -0.3 is 4.57 Å². The zero-order chi connectivity index (χ0) is 15.0. The summed E-state index contributed by atoms with van der Waals surface area (Å²) in [4.78, 5) is 4.54. The zero-order valence-electron chi connectivity index (χ0n) is 12.7. The SMILES string of the molecule is CCC(C)C(C)n1c(C(C)Cl)nc2cc(F)c(C)cc21. The van der Waals surface area contributed by atoms with E-state index in [1.807, 2.05) is 13.0 Å². The highest BCUT2D eigenvalue weighted by Gasteiger charge is 2.22. The lowest BCUT2D eigenvalue weighted by Crippen LogP contribution is -2.16. The van der Waals surface area contributed by atoms with Crippen LogP contribution in [0, 0.1) is 18.7 Å². The Balaban J connectivity index is 2.71. The summed E-state index contributed by atoms with van der Waals surface area (Å²) in [5.74, 6) is 1.11. The largest absolute Gasteiger partial charge is 0.324 e. The number of halogens is 2. The fraction of sp³-hybridized carbons (Fsp3) is 0.562. The molecule has 4 heteroatoms. The molecule has 0 saturated heterocycles. The van der Waals surface area contributed by atoms with Crippen LogP contribution in [0.3, 0.4) is 0 Å². The molecule has 3 unspecified atom stereocenters. The number of rotatable bonds is 4. The molecule has 1 aromatic carbocycles. The fourth-order valence-corrected chi connectivity index (χ4v) is 2.70. The maximum absolute atomic E-state index is 13.7. The monoisotopic (exact) mass is 296 g/mol. The Kier molecular flexibility index (Phi) is 4.38. The van der Waals surface area contributed by atoms with Gasteiger partial charge in [0.25, 0.3) is 0 Å². The lowest BCUT2D eigenvalue weighted by atomic mass is 10.00. The predicted molar refractivity (Wildman–Crippen MR) is 82.9 cm³/mol. The minimum Gasteiger partial charge on any atom is -0.324 e. The molecule has 0 radical (unpaired) electrons. The number of hydrogen-bond acceptors (Lipinski definition) is 1. The average Bonchev–Trinajstić information content (AvgIpc) is 2.76. The van der Waals surface area contributed by atoms with Crippen molar-refractivity contribution >= 4 is 22.6 Å². The van der Waals surface area contributed by atoms with Crippen molar-refractivity contribution in [1.29, 1.82) is 0 Å². The van der Waals surface area contributed by atoms with E-state index >= 15 is 0 Å². The number of alkyl halides is 1. The molecule has 2 nitrogen and oxygen atoms in total. The minimum atomic E-state index is -0.216. The van der Waals surface area contributed by atoms with Crippen molar-refractivity contribution in [2.45, 2.75) is 52.5 Å². The van der Waals surface area contributed by atoms with Crippen molar-refractivity contribution in [3.05, 3.63) is 29.3 Å². The van der Waals surface area contributed by atoms with Gasteiger partial charge in [-0.25, -0.2) is 9.37 Å². The van der Waals surface area contributed by atoms with Gasteiger partial charge in [-0.2, -0.15) is 0 Å². The molecule has 0 bridgehead atoms. The van der Waals surface area contributed by atoms with Crippen LogP contribution in [-0.4, -0.2) is 9.55 Å². The third-order valence-corrected chi connectivity index (χ3v) is 4.42. The van der Waals surface area contributed by atoms with Gasteiger partial charge in [-0.3, -0.25) is 0 Å². The highest BCUT2D eigenvalue weighted by Crippen LogP contribution is 2.32. The number of hydrogen-bond donors (Lipinski definition) is 0. The summed E-state index contributed by atoms with van der Waals surface area (Å²) in [6, 6.07) is 3.66. The van der Waals surface area contributed by atoms with Crippen molar-refractivity contribution in [2.24, 2.45) is 5.92 Å². The Hall–Kier alpha value is -1.09. The molecule has 1 heterocycles. The summed E-state index contributed by atoms with van der Waals surface area (Å²) in [7, 11) is 0. The molecule has 0 aliphatic carbocycles. The maximum Gasteiger partial charge on any atom is 0.128 e. The van der Waals surface area contributed by atoms with Crippen LogP contribution < -0.4 is 0 Å². The van der Waals surface area contributed by atoms with Gasteiger partial charge in [0.05, 0.1) is 16.4 Å². The predicted octanol–water partition coefficient (Wildman–Crippen LogP) is 5.39. The summed E-state index contributed by atoms with van der Waals surface area (Å²) < 4.78 is 15.9. The third-order valence-electron chi connectivity index (χ3n) is 4.23. The number of fused-ring (bicyclic) bond motifs is 1. The number of benzene rings is 1. The van der Waals surface area contributed by atoms with E-state index in [0.29, 0.717) is 17.0 Å². The summed E-state index contributed by atoms with van der Waals surface area (Å²) in [6.45, 7) is 10.3. The number of aryl methyl sites for hydroxylation is 1. The van der Waals surface area contributed by atoms with Gasteiger partial charge in [0, 0.05) is 12.1 Å². The topological polar surface area (TPSA) is 17.8 Å². The molecule has 0 aliphatic heterocycles. The third kappa shape index (κ3) is 2.56. The van der Waals surface area contributed by atoms with Crippen LogP contribution in [0.5, 0.6) is 0 Å². The summed E-state index contributed by atoms with van der Waals surface area (Å²) >= 11 is 6.27. The molecular formula is C16H22ClFN2. The van der Waals surface area contributed by atoms with Gasteiger partial charge in [-0.1, -0.05) is 20.3 Å². The molecule has 2 rings (SSSR count). The smallest absolute Gasteiger partial charge is 0.128 e. The lowest BCUT2D eigenvalue weighted by Gasteiger charge is -2.24. The number of aromatic nitrogens is 2. The average molecular weight is 297 g/mol.